The summed E-state index contributed by atoms with van der Waals surface area (Å²) in [7, 11) is 0. The first-order valence-electron chi connectivity index (χ1n) is 6.40. The number of halogens is 1. The Morgan fingerprint density at radius 1 is 1.21 bits per heavy atom. The molecule has 2 aromatic rings. The SMILES string of the molecule is CC(C)(C)Cc1cc(N)n(Cc2ccc(Cl)cc2)n1. The molecule has 0 radical (unpaired) electrons. The molecule has 0 saturated heterocycles. The Morgan fingerprint density at radius 3 is 2.42 bits per heavy atom. The molecule has 4 heteroatoms. The number of aromatic nitrogens is 2. The number of nitrogens with zero attached hydrogens (tertiary/aromatic N) is 2. The fourth-order valence-electron chi connectivity index (χ4n) is 2.01. The highest BCUT2D eigenvalue weighted by atomic mass is 35.5. The van der Waals surface area contributed by atoms with E-state index in [1.165, 1.54) is 0 Å². The number of nitrogens with two attached hydrogens (primary N) is 1. The van der Waals surface area contributed by atoms with E-state index in [2.05, 4.69) is 25.9 Å². The van der Waals surface area contributed by atoms with Crippen LogP contribution in [-0.2, 0) is 13.0 Å². The maximum Gasteiger partial charge on any atom is 0.122 e. The minimum Gasteiger partial charge on any atom is -0.384 e. The number of hydrogen-bond acceptors (Lipinski definition) is 2. The van der Waals surface area contributed by atoms with Gasteiger partial charge in [0.05, 0.1) is 12.2 Å². The van der Waals surface area contributed by atoms with Gasteiger partial charge in [-0.25, -0.2) is 4.68 Å². The summed E-state index contributed by atoms with van der Waals surface area (Å²) in [6.45, 7) is 7.26. The minimum absolute atomic E-state index is 0.214. The smallest absolute Gasteiger partial charge is 0.122 e. The van der Waals surface area contributed by atoms with Crippen molar-refractivity contribution in [1.82, 2.24) is 9.78 Å². The highest BCUT2D eigenvalue weighted by Gasteiger charge is 2.15. The monoisotopic (exact) mass is 277 g/mol. The summed E-state index contributed by atoms with van der Waals surface area (Å²) in [4.78, 5) is 0. The van der Waals surface area contributed by atoms with Gasteiger partial charge < -0.3 is 5.73 Å². The molecule has 2 rings (SSSR count). The minimum atomic E-state index is 0.214. The number of nitrogen functional groups attached to an aromatic ring is 1. The summed E-state index contributed by atoms with van der Waals surface area (Å²) >= 11 is 5.88. The van der Waals surface area contributed by atoms with Crippen LogP contribution in [0.5, 0.6) is 0 Å². The predicted octanol–water partition coefficient (Wildman–Crippen LogP) is 3.76. The van der Waals surface area contributed by atoms with Crippen molar-refractivity contribution in [2.75, 3.05) is 5.73 Å². The second-order valence-corrected chi connectivity index (χ2v) is 6.52. The number of rotatable bonds is 3. The van der Waals surface area contributed by atoms with E-state index in [9.17, 15) is 0 Å². The lowest BCUT2D eigenvalue weighted by Gasteiger charge is -2.15. The van der Waals surface area contributed by atoms with E-state index in [4.69, 9.17) is 17.3 Å². The Morgan fingerprint density at radius 2 is 1.84 bits per heavy atom. The van der Waals surface area contributed by atoms with Gasteiger partial charge in [-0.15, -0.1) is 0 Å². The molecule has 0 amide bonds. The van der Waals surface area contributed by atoms with E-state index in [1.54, 1.807) is 0 Å². The molecule has 0 aliphatic heterocycles. The Bertz CT molecular complexity index is 550. The molecular weight excluding hydrogens is 258 g/mol. The van der Waals surface area contributed by atoms with E-state index < -0.39 is 0 Å². The Balaban J connectivity index is 2.15. The van der Waals surface area contributed by atoms with Crippen LogP contribution >= 0.6 is 11.6 Å². The molecule has 1 heterocycles. The van der Waals surface area contributed by atoms with E-state index >= 15 is 0 Å². The van der Waals surface area contributed by atoms with Crippen molar-refractivity contribution in [1.29, 1.82) is 0 Å². The van der Waals surface area contributed by atoms with Crippen molar-refractivity contribution in [3.8, 4) is 0 Å². The van der Waals surface area contributed by atoms with Gasteiger partial charge in [-0.3, -0.25) is 0 Å². The molecule has 3 nitrogen and oxygen atoms in total. The Kier molecular flexibility index (Phi) is 3.85. The maximum atomic E-state index is 6.01. The Labute approximate surface area is 119 Å². The number of anilines is 1. The first kappa shape index (κ1) is 13.9. The van der Waals surface area contributed by atoms with Crippen LogP contribution in [0.2, 0.25) is 5.02 Å². The van der Waals surface area contributed by atoms with Crippen molar-refractivity contribution in [3.63, 3.8) is 0 Å². The first-order valence-corrected chi connectivity index (χ1v) is 6.78. The highest BCUT2D eigenvalue weighted by Crippen LogP contribution is 2.21. The van der Waals surface area contributed by atoms with E-state index in [0.29, 0.717) is 12.4 Å². The van der Waals surface area contributed by atoms with Crippen molar-refractivity contribution < 1.29 is 0 Å². The third-order valence-electron chi connectivity index (χ3n) is 2.82. The van der Waals surface area contributed by atoms with Crippen molar-refractivity contribution in [3.05, 3.63) is 46.6 Å². The van der Waals surface area contributed by atoms with Crippen molar-refractivity contribution in [2.24, 2.45) is 5.41 Å². The van der Waals surface area contributed by atoms with Crippen molar-refractivity contribution >= 4 is 17.4 Å². The standard InChI is InChI=1S/C15H20ClN3/c1-15(2,3)9-13-8-14(17)19(18-13)10-11-4-6-12(16)7-5-11/h4-8H,9-10,17H2,1-3H3. The van der Waals surface area contributed by atoms with Crippen LogP contribution in [0.15, 0.2) is 30.3 Å². The second-order valence-electron chi connectivity index (χ2n) is 6.08. The fourth-order valence-corrected chi connectivity index (χ4v) is 2.13. The molecule has 1 aromatic heterocycles. The zero-order chi connectivity index (χ0) is 14.0. The van der Waals surface area contributed by atoms with E-state index in [0.717, 1.165) is 22.7 Å². The largest absolute Gasteiger partial charge is 0.384 e. The summed E-state index contributed by atoms with van der Waals surface area (Å²) < 4.78 is 1.84. The molecule has 0 aliphatic carbocycles. The van der Waals surface area contributed by atoms with Gasteiger partial charge in [0.25, 0.3) is 0 Å². The fraction of sp³-hybridized carbons (Fsp3) is 0.400. The summed E-state index contributed by atoms with van der Waals surface area (Å²) in [6, 6.07) is 9.71. The number of hydrogen-bond donors (Lipinski definition) is 1. The molecule has 2 N–H and O–H groups in total. The lowest BCUT2D eigenvalue weighted by atomic mass is 9.91. The highest BCUT2D eigenvalue weighted by molar-refractivity contribution is 6.30. The van der Waals surface area contributed by atoms with Gasteiger partial charge >= 0.3 is 0 Å². The summed E-state index contributed by atoms with van der Waals surface area (Å²) in [6.07, 6.45) is 0.921. The summed E-state index contributed by atoms with van der Waals surface area (Å²) in [5, 5.41) is 5.31. The van der Waals surface area contributed by atoms with Crippen LogP contribution in [0.1, 0.15) is 32.0 Å². The summed E-state index contributed by atoms with van der Waals surface area (Å²) in [5.74, 6) is 0.703. The van der Waals surface area contributed by atoms with Crippen molar-refractivity contribution in [2.45, 2.75) is 33.7 Å². The number of benzene rings is 1. The van der Waals surface area contributed by atoms with Crippen LogP contribution in [0.25, 0.3) is 0 Å². The molecule has 0 saturated carbocycles. The third-order valence-corrected chi connectivity index (χ3v) is 3.07. The van der Waals surface area contributed by atoms with Gasteiger partial charge in [-0.2, -0.15) is 5.10 Å². The normalized spacial score (nSPS) is 11.8. The van der Waals surface area contributed by atoms with Gasteiger partial charge in [-0.05, 0) is 29.5 Å². The Hall–Kier alpha value is -1.48. The van der Waals surface area contributed by atoms with Gasteiger partial charge in [-0.1, -0.05) is 44.5 Å². The van der Waals surface area contributed by atoms with Gasteiger partial charge in [0, 0.05) is 11.1 Å². The van der Waals surface area contributed by atoms with Crippen LogP contribution in [-0.4, -0.2) is 9.78 Å². The quantitative estimate of drug-likeness (QED) is 0.928. The third kappa shape index (κ3) is 4.00. The van der Waals surface area contributed by atoms with Crippen LogP contribution in [0.3, 0.4) is 0 Å². The maximum absolute atomic E-state index is 6.01. The molecule has 0 unspecified atom stereocenters. The van der Waals surface area contributed by atoms with Gasteiger partial charge in [0.15, 0.2) is 0 Å². The molecule has 0 atom stereocenters. The van der Waals surface area contributed by atoms with Crippen LogP contribution < -0.4 is 5.73 Å². The molecule has 0 aliphatic rings. The molecule has 0 spiro atoms. The average molecular weight is 278 g/mol. The molecule has 19 heavy (non-hydrogen) atoms. The van der Waals surface area contributed by atoms with Gasteiger partial charge in [0.2, 0.25) is 0 Å². The van der Waals surface area contributed by atoms with E-state index in [-0.39, 0.29) is 5.41 Å². The van der Waals surface area contributed by atoms with Gasteiger partial charge in [0.1, 0.15) is 5.82 Å². The van der Waals surface area contributed by atoms with Crippen LogP contribution in [0.4, 0.5) is 5.82 Å². The van der Waals surface area contributed by atoms with E-state index in [1.807, 2.05) is 35.0 Å². The zero-order valence-electron chi connectivity index (χ0n) is 11.7. The topological polar surface area (TPSA) is 43.8 Å². The second kappa shape index (κ2) is 5.25. The lowest BCUT2D eigenvalue weighted by molar-refractivity contribution is 0.404. The first-order chi connectivity index (χ1) is 8.83. The zero-order valence-corrected chi connectivity index (χ0v) is 12.4. The summed E-state index contributed by atoms with van der Waals surface area (Å²) in [5.41, 5.74) is 8.41. The lowest BCUT2D eigenvalue weighted by Crippen LogP contribution is -2.10. The molecule has 102 valence electrons. The predicted molar refractivity (Wildman–Crippen MR) is 80.4 cm³/mol. The van der Waals surface area contributed by atoms with Crippen LogP contribution in [0, 0.1) is 5.41 Å². The molecule has 1 aromatic carbocycles. The molecular formula is C15H20ClN3. The molecule has 0 bridgehead atoms. The molecule has 0 fully saturated rings. The average Bonchev–Trinajstić information content (AvgIpc) is 2.60.